The van der Waals surface area contributed by atoms with Gasteiger partial charge in [0.05, 0.1) is 0 Å². The lowest BCUT2D eigenvalue weighted by Gasteiger charge is -2.31. The zero-order chi connectivity index (χ0) is 11.1. The number of nitrogens with one attached hydrogen (secondary N) is 1. The summed E-state index contributed by atoms with van der Waals surface area (Å²) < 4.78 is 0. The predicted molar refractivity (Wildman–Crippen MR) is 80.4 cm³/mol. The van der Waals surface area contributed by atoms with Gasteiger partial charge in [0.1, 0.15) is 0 Å². The maximum absolute atomic E-state index is 5.56. The Kier molecular flexibility index (Phi) is 9.02. The molecule has 1 rings (SSSR count). The SMILES string of the molecule is CCN1CCC(CCNC(N)=NC)CC1.I. The molecule has 1 saturated heterocycles. The summed E-state index contributed by atoms with van der Waals surface area (Å²) in [6.07, 6.45) is 3.88. The van der Waals surface area contributed by atoms with Gasteiger partial charge in [-0.15, -0.1) is 24.0 Å². The van der Waals surface area contributed by atoms with E-state index in [1.54, 1.807) is 7.05 Å². The molecular weight excluding hydrogens is 315 g/mol. The van der Waals surface area contributed by atoms with Crippen molar-refractivity contribution >= 4 is 29.9 Å². The molecule has 0 aromatic heterocycles. The predicted octanol–water partition coefficient (Wildman–Crippen LogP) is 1.26. The second-order valence-corrected chi connectivity index (χ2v) is 4.20. The third-order valence-corrected chi connectivity index (χ3v) is 3.25. The summed E-state index contributed by atoms with van der Waals surface area (Å²) in [4.78, 5) is 6.39. The van der Waals surface area contributed by atoms with Crippen LogP contribution >= 0.6 is 24.0 Å². The zero-order valence-electron chi connectivity index (χ0n) is 10.4. The second-order valence-electron chi connectivity index (χ2n) is 4.20. The van der Waals surface area contributed by atoms with Crippen LogP contribution in [0.25, 0.3) is 0 Å². The van der Waals surface area contributed by atoms with Crippen LogP contribution in [-0.4, -0.2) is 44.1 Å². The molecule has 1 fully saturated rings. The summed E-state index contributed by atoms with van der Waals surface area (Å²) >= 11 is 0. The van der Waals surface area contributed by atoms with Crippen molar-refractivity contribution in [2.75, 3.05) is 33.2 Å². The molecule has 96 valence electrons. The minimum atomic E-state index is 0. The molecule has 0 spiro atoms. The average Bonchev–Trinajstić information content (AvgIpc) is 2.29. The van der Waals surface area contributed by atoms with Crippen LogP contribution in [-0.2, 0) is 0 Å². The maximum atomic E-state index is 5.56. The van der Waals surface area contributed by atoms with Gasteiger partial charge in [0.15, 0.2) is 5.96 Å². The molecular formula is C11H25IN4. The van der Waals surface area contributed by atoms with Crippen molar-refractivity contribution in [3.63, 3.8) is 0 Å². The summed E-state index contributed by atoms with van der Waals surface area (Å²) in [6.45, 7) is 6.91. The monoisotopic (exact) mass is 340 g/mol. The van der Waals surface area contributed by atoms with Gasteiger partial charge in [-0.3, -0.25) is 4.99 Å². The highest BCUT2D eigenvalue weighted by Crippen LogP contribution is 2.19. The molecule has 1 aliphatic heterocycles. The maximum Gasteiger partial charge on any atom is 0.188 e. The van der Waals surface area contributed by atoms with Crippen LogP contribution in [0, 0.1) is 5.92 Å². The van der Waals surface area contributed by atoms with Gasteiger partial charge >= 0.3 is 0 Å². The van der Waals surface area contributed by atoms with Crippen molar-refractivity contribution in [1.82, 2.24) is 10.2 Å². The first-order valence-electron chi connectivity index (χ1n) is 5.94. The van der Waals surface area contributed by atoms with Gasteiger partial charge in [0.2, 0.25) is 0 Å². The third kappa shape index (κ3) is 5.89. The quantitative estimate of drug-likeness (QED) is 0.460. The Morgan fingerprint density at radius 2 is 2.06 bits per heavy atom. The van der Waals surface area contributed by atoms with E-state index in [4.69, 9.17) is 5.73 Å². The van der Waals surface area contributed by atoms with Gasteiger partial charge in [-0.05, 0) is 44.8 Å². The summed E-state index contributed by atoms with van der Waals surface area (Å²) in [5.74, 6) is 1.42. The van der Waals surface area contributed by atoms with Crippen LogP contribution < -0.4 is 11.1 Å². The smallest absolute Gasteiger partial charge is 0.188 e. The minimum absolute atomic E-state index is 0. The van der Waals surface area contributed by atoms with Crippen molar-refractivity contribution in [2.24, 2.45) is 16.6 Å². The molecule has 5 heteroatoms. The van der Waals surface area contributed by atoms with E-state index in [1.165, 1.54) is 38.9 Å². The zero-order valence-corrected chi connectivity index (χ0v) is 12.7. The van der Waals surface area contributed by atoms with Crippen molar-refractivity contribution in [1.29, 1.82) is 0 Å². The first-order chi connectivity index (χ1) is 7.26. The molecule has 4 nitrogen and oxygen atoms in total. The number of rotatable bonds is 4. The lowest BCUT2D eigenvalue weighted by atomic mass is 9.93. The molecule has 0 atom stereocenters. The lowest BCUT2D eigenvalue weighted by Crippen LogP contribution is -2.36. The largest absolute Gasteiger partial charge is 0.370 e. The number of guanidine groups is 1. The Hall–Kier alpha value is -0.0400. The molecule has 1 aliphatic rings. The first-order valence-corrected chi connectivity index (χ1v) is 5.94. The number of nitrogens with two attached hydrogens (primary N) is 1. The third-order valence-electron chi connectivity index (χ3n) is 3.25. The van der Waals surface area contributed by atoms with Crippen molar-refractivity contribution in [2.45, 2.75) is 26.2 Å². The summed E-state index contributed by atoms with van der Waals surface area (Å²) in [7, 11) is 1.71. The molecule has 16 heavy (non-hydrogen) atoms. The lowest BCUT2D eigenvalue weighted by molar-refractivity contribution is 0.187. The Bertz CT molecular complexity index is 200. The molecule has 3 N–H and O–H groups in total. The van der Waals surface area contributed by atoms with Gasteiger partial charge in [0.25, 0.3) is 0 Å². The van der Waals surface area contributed by atoms with Gasteiger partial charge in [-0.2, -0.15) is 0 Å². The fourth-order valence-electron chi connectivity index (χ4n) is 2.07. The Morgan fingerprint density at radius 1 is 1.44 bits per heavy atom. The molecule has 0 aromatic carbocycles. The van der Waals surface area contributed by atoms with E-state index in [0.717, 1.165) is 12.5 Å². The number of hydrogen-bond acceptors (Lipinski definition) is 2. The summed E-state index contributed by atoms with van der Waals surface area (Å²) in [5.41, 5.74) is 5.56. The van der Waals surface area contributed by atoms with E-state index in [-0.39, 0.29) is 24.0 Å². The first kappa shape index (κ1) is 16.0. The van der Waals surface area contributed by atoms with Gasteiger partial charge in [-0.1, -0.05) is 6.92 Å². The van der Waals surface area contributed by atoms with Crippen LogP contribution in [0.4, 0.5) is 0 Å². The molecule has 0 bridgehead atoms. The molecule has 0 aromatic rings. The van der Waals surface area contributed by atoms with Gasteiger partial charge in [-0.25, -0.2) is 0 Å². The molecule has 0 amide bonds. The Balaban J connectivity index is 0.00000225. The van der Waals surface area contributed by atoms with E-state index in [2.05, 4.69) is 22.1 Å². The number of hydrogen-bond donors (Lipinski definition) is 2. The van der Waals surface area contributed by atoms with E-state index in [9.17, 15) is 0 Å². The van der Waals surface area contributed by atoms with Crippen LogP contribution in [0.5, 0.6) is 0 Å². The summed E-state index contributed by atoms with van der Waals surface area (Å²) in [6, 6.07) is 0. The van der Waals surface area contributed by atoms with Crippen LogP contribution in [0.2, 0.25) is 0 Å². The van der Waals surface area contributed by atoms with Gasteiger partial charge < -0.3 is 16.0 Å². The highest BCUT2D eigenvalue weighted by molar-refractivity contribution is 14.0. The Labute approximate surface area is 116 Å². The standard InChI is InChI=1S/C11H24N4.HI/c1-3-15-8-5-10(6-9-15)4-7-14-11(12)13-2;/h10H,3-9H2,1-2H3,(H3,12,13,14);1H. The van der Waals surface area contributed by atoms with E-state index in [0.29, 0.717) is 5.96 Å². The molecule has 0 aliphatic carbocycles. The molecule has 0 radical (unpaired) electrons. The highest BCUT2D eigenvalue weighted by atomic mass is 127. The van der Waals surface area contributed by atoms with Crippen molar-refractivity contribution in [3.05, 3.63) is 0 Å². The molecule has 0 saturated carbocycles. The van der Waals surface area contributed by atoms with Gasteiger partial charge in [0, 0.05) is 13.6 Å². The van der Waals surface area contributed by atoms with E-state index >= 15 is 0 Å². The highest BCUT2D eigenvalue weighted by Gasteiger charge is 2.17. The number of likely N-dealkylation sites (tertiary alicyclic amines) is 1. The van der Waals surface area contributed by atoms with Crippen LogP contribution in [0.3, 0.4) is 0 Å². The number of halogens is 1. The number of nitrogens with zero attached hydrogens (tertiary/aromatic N) is 2. The molecule has 1 heterocycles. The topological polar surface area (TPSA) is 53.6 Å². The normalized spacial score (nSPS) is 19.2. The fraction of sp³-hybridized carbons (Fsp3) is 0.909. The van der Waals surface area contributed by atoms with Crippen molar-refractivity contribution in [3.8, 4) is 0 Å². The molecule has 0 unspecified atom stereocenters. The van der Waals surface area contributed by atoms with E-state index < -0.39 is 0 Å². The number of piperidine rings is 1. The number of aliphatic imine (C=N–C) groups is 1. The van der Waals surface area contributed by atoms with E-state index in [1.807, 2.05) is 0 Å². The second kappa shape index (κ2) is 9.04. The van der Waals surface area contributed by atoms with Crippen molar-refractivity contribution < 1.29 is 0 Å². The minimum Gasteiger partial charge on any atom is -0.370 e. The van der Waals surface area contributed by atoms with Crippen LogP contribution in [0.15, 0.2) is 4.99 Å². The van der Waals surface area contributed by atoms with Crippen LogP contribution in [0.1, 0.15) is 26.2 Å². The summed E-state index contributed by atoms with van der Waals surface area (Å²) in [5, 5.41) is 3.12. The average molecular weight is 340 g/mol. The Morgan fingerprint density at radius 3 is 2.56 bits per heavy atom. The fourth-order valence-corrected chi connectivity index (χ4v) is 2.07.